The van der Waals surface area contributed by atoms with Gasteiger partial charge in [-0.1, -0.05) is 190 Å². The molecule has 7 heterocycles. The normalized spacial score (nSPS) is 14.6. The van der Waals surface area contributed by atoms with Crippen LogP contribution < -0.4 is 37.9 Å². The highest BCUT2D eigenvalue weighted by Gasteiger charge is 2.29. The zero-order valence-electron chi connectivity index (χ0n) is 93.4. The molecule has 1 aliphatic heterocycles. The Morgan fingerprint density at radius 3 is 1.24 bits per heavy atom. The van der Waals surface area contributed by atoms with E-state index >= 15 is 0 Å². The van der Waals surface area contributed by atoms with Gasteiger partial charge in [0.05, 0.1) is 98.2 Å². The second kappa shape index (κ2) is 59.0. The van der Waals surface area contributed by atoms with Crippen molar-refractivity contribution in [1.82, 2.24) is 48.9 Å². The van der Waals surface area contributed by atoms with Crippen molar-refractivity contribution in [3.8, 4) is 46.5 Å². The van der Waals surface area contributed by atoms with E-state index in [2.05, 4.69) is 315 Å². The van der Waals surface area contributed by atoms with Crippen molar-refractivity contribution in [2.45, 2.75) is 401 Å². The molecule has 0 N–H and O–H groups in total. The predicted molar refractivity (Wildman–Crippen MR) is 587 cm³/mol. The van der Waals surface area contributed by atoms with Crippen LogP contribution in [0.4, 0.5) is 4.39 Å². The van der Waals surface area contributed by atoms with Crippen molar-refractivity contribution in [3.63, 3.8) is 0 Å². The third kappa shape index (κ3) is 44.6. The van der Waals surface area contributed by atoms with E-state index < -0.39 is 5.82 Å². The molecule has 10 aromatic rings. The first-order valence-corrected chi connectivity index (χ1v) is 53.0. The quantitative estimate of drug-likeness (QED) is 0.0526. The highest BCUT2D eigenvalue weighted by Crippen LogP contribution is 2.40. The Morgan fingerprint density at radius 2 is 0.879 bits per heavy atom. The van der Waals surface area contributed by atoms with Crippen molar-refractivity contribution < 1.29 is 42.3 Å². The SMILES string of the molecule is CC(C)(C)n1ccc(C2CC2)n1.CC(C)(C)n1ccc(OCC2CC2)n1.CC(C)(C)n1ccc(OCC2CCC2)n1.CC(C)C1CCCCC1.CC1=NC(c2ccc(C(C)C)s2)=NC1.CCOc1ccc(C(C)C)cc1.CC[C@@H](C)Oc1ccn(C(C)(C)C)n1.CC[C@H](C)Oc1ccn(C(C)(C)C)n1.COc1c(C)cccc1C(C)C.COc1c(F)cc(Cl)cc1C(C)C.COc1cccc(C(C)C)c1. The maximum atomic E-state index is 13.3. The van der Waals surface area contributed by atoms with Crippen molar-refractivity contribution >= 4 is 34.5 Å². The molecular weight excluding hydrogens is 1790 g/mol. The molecule has 0 unspecified atom stereocenters. The molecule has 140 heavy (non-hydrogen) atoms. The summed E-state index contributed by atoms with van der Waals surface area (Å²) in [5.41, 5.74) is 8.64. The molecule has 6 aromatic heterocycles. The van der Waals surface area contributed by atoms with Gasteiger partial charge >= 0.3 is 0 Å². The van der Waals surface area contributed by atoms with Gasteiger partial charge in [-0.15, -0.1) is 31.7 Å². The van der Waals surface area contributed by atoms with Crippen molar-refractivity contribution in [2.75, 3.05) is 47.7 Å². The number of halogens is 2. The van der Waals surface area contributed by atoms with Crippen LogP contribution in [0.5, 0.6) is 46.5 Å². The second-order valence-corrected chi connectivity index (χ2v) is 45.9. The van der Waals surface area contributed by atoms with Gasteiger partial charge in [0.1, 0.15) is 17.2 Å². The average Bonchev–Trinajstić information content (AvgIpc) is 1.65. The minimum atomic E-state index is -0.404. The predicted octanol–water partition coefficient (Wildman–Crippen LogP) is 32.5. The van der Waals surface area contributed by atoms with Gasteiger partial charge in [-0.3, -0.25) is 28.4 Å². The van der Waals surface area contributed by atoms with Gasteiger partial charge in [0, 0.05) is 82.3 Å². The Bertz CT molecular complexity index is 5110. The molecule has 0 amide bonds. The molecule has 4 aliphatic carbocycles. The Kier molecular flexibility index (Phi) is 51.0. The lowest BCUT2D eigenvalue weighted by molar-refractivity contribution is 0.172. The minimum Gasteiger partial charge on any atom is -0.497 e. The fraction of sp³-hybridized carbons (Fsp3) is 0.615. The van der Waals surface area contributed by atoms with Gasteiger partial charge in [-0.05, 0) is 320 Å². The zero-order valence-corrected chi connectivity index (χ0v) is 95.0. The number of aryl methyl sites for hydroxylation is 1. The lowest BCUT2D eigenvalue weighted by Crippen LogP contribution is -2.23. The number of para-hydroxylation sites is 1. The third-order valence-electron chi connectivity index (χ3n) is 24.3. The van der Waals surface area contributed by atoms with Crippen LogP contribution in [0.1, 0.15) is 397 Å². The number of aromatic nitrogens is 10. The largest absolute Gasteiger partial charge is 0.497 e. The first-order valence-electron chi connectivity index (χ1n) is 51.8. The van der Waals surface area contributed by atoms with Gasteiger partial charge in [0.25, 0.3) is 0 Å². The molecule has 0 radical (unpaired) electrons. The fourth-order valence-corrected chi connectivity index (χ4v) is 15.3. The van der Waals surface area contributed by atoms with Crippen molar-refractivity contribution in [1.29, 1.82) is 0 Å². The molecular formula is C117H184ClFN12O8S. The van der Waals surface area contributed by atoms with Crippen LogP contribution in [0.15, 0.2) is 162 Å². The van der Waals surface area contributed by atoms with E-state index in [0.717, 1.165) is 115 Å². The lowest BCUT2D eigenvalue weighted by atomic mass is 9.82. The minimum absolute atomic E-state index is 0.0249. The topological polar surface area (TPSA) is 188 Å². The monoisotopic (exact) mass is 1970 g/mol. The number of thiophene rings is 1. The number of methoxy groups -OCH3 is 3. The van der Waals surface area contributed by atoms with Crippen LogP contribution in [0.2, 0.25) is 5.02 Å². The van der Waals surface area contributed by atoms with Crippen LogP contribution in [-0.2, 0) is 27.7 Å². The highest BCUT2D eigenvalue weighted by molar-refractivity contribution is 7.14. The molecule has 4 aromatic carbocycles. The average molecular weight is 1970 g/mol. The summed E-state index contributed by atoms with van der Waals surface area (Å²) in [6, 6.07) is 39.9. The van der Waals surface area contributed by atoms with Gasteiger partial charge in [-0.25, -0.2) is 9.38 Å². The Balaban J connectivity index is 0.000000272. The van der Waals surface area contributed by atoms with E-state index in [0.29, 0.717) is 46.2 Å². The van der Waals surface area contributed by atoms with E-state index in [9.17, 15) is 4.39 Å². The summed E-state index contributed by atoms with van der Waals surface area (Å²) in [7, 11) is 4.88. The number of hydrogen-bond donors (Lipinski definition) is 0. The lowest BCUT2D eigenvalue weighted by Gasteiger charge is -2.24. The van der Waals surface area contributed by atoms with Gasteiger partial charge in [0.2, 0.25) is 23.5 Å². The first-order chi connectivity index (χ1) is 65.7. The van der Waals surface area contributed by atoms with Crippen LogP contribution >= 0.6 is 22.9 Å². The van der Waals surface area contributed by atoms with E-state index in [1.54, 1.807) is 31.6 Å². The van der Waals surface area contributed by atoms with Crippen LogP contribution in [0, 0.1) is 36.4 Å². The van der Waals surface area contributed by atoms with Gasteiger partial charge in [-0.2, -0.15) is 5.10 Å². The van der Waals surface area contributed by atoms with E-state index in [1.807, 2.05) is 120 Å². The van der Waals surface area contributed by atoms with Gasteiger partial charge < -0.3 is 37.9 Å². The summed E-state index contributed by atoms with van der Waals surface area (Å²) in [5, 5.41) is 22.5. The zero-order chi connectivity index (χ0) is 105. The van der Waals surface area contributed by atoms with Crippen molar-refractivity contribution in [3.05, 3.63) is 206 Å². The summed E-state index contributed by atoms with van der Waals surface area (Å²) < 4.78 is 66.2. The Labute approximate surface area is 855 Å². The highest BCUT2D eigenvalue weighted by atomic mass is 35.5. The standard InChI is InChI=1S/C12H20N2O.C11H18N2O.2C11H20N2O.C11H14N2S.2C11H16O.C10H12ClFO.C10H16N2.C10H14O.C9H18/c1-12(2,3)14-8-7-11(13-14)15-9-10-5-4-6-10;1-11(2,3)13-7-6-10(12-13)14-8-9-4-5-9;2*1-6-9(2)14-10-7-8-13(12-10)11(3,4)5;1-7(2)9-4-5-10(14-9)11-12-6-8(3)13-11;1-8(2)10-7-5-6-9(3)11(10)12-4;1-4-12-11-7-5-10(6-8-11)9(2)3;1-6(2)8-4-7(11)5-9(12)10(8)13-3;1-10(2,3)12-7-6-9(11-12)8-4-5-8;1-8(2)9-5-4-6-10(7-9)11-3;1-8(2)9-6-4-3-5-7-9/h7-8,10H,4-6,9H2,1-3H3;6-7,9H,4-5,8H2,1-3H3;2*7-9H,6H2,1-5H3;4-5,7H,6H2,1-3H3;5-8H,1-4H3;5-9H,4H2,1-3H3;4-6H,1-3H3;6-8H,4-5H2,1-3H3;4-8H,1-3H3;8-9H,3-7H2,1-2H3/t;;2*9-;;;;;;;/m..10......./s1. The van der Waals surface area contributed by atoms with E-state index in [4.69, 9.17) is 49.5 Å². The number of nitrogens with zero attached hydrogens (tertiary/aromatic N) is 12. The summed E-state index contributed by atoms with van der Waals surface area (Å²) in [6.07, 6.45) is 29.2. The number of ether oxygens (including phenoxy) is 8. The molecule has 20 nitrogen and oxygen atoms in total. The molecule has 5 aliphatic rings. The molecule has 2 atom stereocenters. The van der Waals surface area contributed by atoms with E-state index in [1.165, 1.54) is 128 Å². The molecule has 4 saturated carbocycles. The molecule has 23 heteroatoms. The second-order valence-electron chi connectivity index (χ2n) is 44.3. The van der Waals surface area contributed by atoms with Crippen molar-refractivity contribution in [2.24, 2.45) is 33.7 Å². The molecule has 0 bridgehead atoms. The number of aliphatic imine (C=N–C) groups is 2. The number of amidine groups is 1. The smallest absolute Gasteiger partial charge is 0.232 e. The molecule has 0 saturated heterocycles. The summed E-state index contributed by atoms with van der Waals surface area (Å²) in [5.74, 6) is 13.5. The van der Waals surface area contributed by atoms with Crippen LogP contribution in [-0.4, -0.2) is 120 Å². The molecule has 15 rings (SSSR count). The van der Waals surface area contributed by atoms with Crippen LogP contribution in [0.3, 0.4) is 0 Å². The molecule has 0 spiro atoms. The number of rotatable bonds is 25. The summed E-state index contributed by atoms with van der Waals surface area (Å²) in [4.78, 5) is 11.4. The van der Waals surface area contributed by atoms with Crippen LogP contribution in [0.25, 0.3) is 0 Å². The fourth-order valence-electron chi connectivity index (χ4n) is 14.1. The Hall–Kier alpha value is -9.41. The molecule has 780 valence electrons. The Morgan fingerprint density at radius 1 is 0.421 bits per heavy atom. The molecule has 4 fully saturated rings. The maximum absolute atomic E-state index is 13.3. The first kappa shape index (κ1) is 121. The number of benzene rings is 4. The summed E-state index contributed by atoms with van der Waals surface area (Å²) in [6.45, 7) is 75.8. The summed E-state index contributed by atoms with van der Waals surface area (Å²) >= 11 is 7.53. The van der Waals surface area contributed by atoms with E-state index in [-0.39, 0.29) is 45.8 Å². The van der Waals surface area contributed by atoms with Gasteiger partial charge in [0.15, 0.2) is 17.4 Å². The maximum Gasteiger partial charge on any atom is 0.232 e. The number of hydrogen-bond acceptors (Lipinski definition) is 16. The third-order valence-corrected chi connectivity index (χ3v) is 25.9.